The van der Waals surface area contributed by atoms with Crippen LogP contribution in [0, 0.1) is 0 Å². The summed E-state index contributed by atoms with van der Waals surface area (Å²) in [7, 11) is 1.57. The van der Waals surface area contributed by atoms with E-state index in [0.29, 0.717) is 23.1 Å². The quantitative estimate of drug-likeness (QED) is 0.519. The van der Waals surface area contributed by atoms with Gasteiger partial charge in [0.2, 0.25) is 0 Å². The van der Waals surface area contributed by atoms with E-state index in [4.69, 9.17) is 26.3 Å². The van der Waals surface area contributed by atoms with Gasteiger partial charge in [-0.05, 0) is 35.9 Å². The lowest BCUT2D eigenvalue weighted by Crippen LogP contribution is -1.98. The van der Waals surface area contributed by atoms with Crippen molar-refractivity contribution in [2.45, 2.75) is 6.61 Å². The predicted octanol–water partition coefficient (Wildman–Crippen LogP) is 3.74. The second-order valence-electron chi connectivity index (χ2n) is 4.07. The number of nitrogens with zero attached hydrogens (tertiary/aromatic N) is 1. The molecule has 0 heterocycles. The van der Waals surface area contributed by atoms with Crippen molar-refractivity contribution in [2.75, 3.05) is 7.11 Å². The SMILES string of the molecule is COc1ccc(C=NO)cc1OCc1ccc(Cl)cc1. The van der Waals surface area contributed by atoms with Crippen molar-refractivity contribution < 1.29 is 14.7 Å². The molecule has 0 bridgehead atoms. The zero-order chi connectivity index (χ0) is 14.4. The average Bonchev–Trinajstić information content (AvgIpc) is 2.47. The fourth-order valence-electron chi connectivity index (χ4n) is 1.69. The van der Waals surface area contributed by atoms with Gasteiger partial charge in [-0.3, -0.25) is 0 Å². The van der Waals surface area contributed by atoms with E-state index in [9.17, 15) is 0 Å². The maximum absolute atomic E-state index is 8.56. The molecule has 5 heteroatoms. The highest BCUT2D eigenvalue weighted by molar-refractivity contribution is 6.30. The lowest BCUT2D eigenvalue weighted by atomic mass is 10.2. The van der Waals surface area contributed by atoms with Gasteiger partial charge in [-0.25, -0.2) is 0 Å². The van der Waals surface area contributed by atoms with Gasteiger partial charge in [0.15, 0.2) is 11.5 Å². The van der Waals surface area contributed by atoms with Crippen LogP contribution in [-0.4, -0.2) is 18.5 Å². The third-order valence-electron chi connectivity index (χ3n) is 2.70. The Morgan fingerprint density at radius 2 is 1.90 bits per heavy atom. The molecule has 2 aromatic rings. The van der Waals surface area contributed by atoms with Crippen molar-refractivity contribution >= 4 is 17.8 Å². The predicted molar refractivity (Wildman–Crippen MR) is 78.2 cm³/mol. The maximum atomic E-state index is 8.56. The molecule has 0 aliphatic rings. The minimum atomic E-state index is 0.396. The van der Waals surface area contributed by atoms with Crippen LogP contribution in [0.25, 0.3) is 0 Å². The number of methoxy groups -OCH3 is 1. The van der Waals surface area contributed by atoms with Crippen LogP contribution in [-0.2, 0) is 6.61 Å². The summed E-state index contributed by atoms with van der Waals surface area (Å²) < 4.78 is 11.0. The van der Waals surface area contributed by atoms with Crippen LogP contribution in [0.1, 0.15) is 11.1 Å². The third-order valence-corrected chi connectivity index (χ3v) is 2.95. The Kier molecular flexibility index (Phi) is 4.85. The average molecular weight is 292 g/mol. The van der Waals surface area contributed by atoms with Gasteiger partial charge in [0.05, 0.1) is 13.3 Å². The molecule has 0 unspecified atom stereocenters. The van der Waals surface area contributed by atoms with Gasteiger partial charge in [0, 0.05) is 10.6 Å². The Hall–Kier alpha value is -2.20. The largest absolute Gasteiger partial charge is 0.493 e. The molecule has 0 saturated carbocycles. The monoisotopic (exact) mass is 291 g/mol. The molecule has 20 heavy (non-hydrogen) atoms. The van der Waals surface area contributed by atoms with Crippen LogP contribution < -0.4 is 9.47 Å². The Balaban J connectivity index is 2.14. The molecule has 104 valence electrons. The smallest absolute Gasteiger partial charge is 0.162 e. The van der Waals surface area contributed by atoms with Crippen molar-refractivity contribution in [3.05, 3.63) is 58.6 Å². The summed E-state index contributed by atoms with van der Waals surface area (Å²) in [6.45, 7) is 0.396. The van der Waals surface area contributed by atoms with Gasteiger partial charge in [-0.15, -0.1) is 0 Å². The van der Waals surface area contributed by atoms with E-state index in [1.165, 1.54) is 6.21 Å². The summed E-state index contributed by atoms with van der Waals surface area (Å²) in [4.78, 5) is 0. The standard InChI is InChI=1S/C15H14ClNO3/c1-19-14-7-4-12(9-17-18)8-15(14)20-10-11-2-5-13(16)6-3-11/h2-9,18H,10H2,1H3. The van der Waals surface area contributed by atoms with Crippen LogP contribution in [0.2, 0.25) is 5.02 Å². The molecule has 1 N–H and O–H groups in total. The molecule has 2 rings (SSSR count). The minimum absolute atomic E-state index is 0.396. The Bertz CT molecular complexity index is 597. The molecule has 0 radical (unpaired) electrons. The molecule has 0 aliphatic carbocycles. The lowest BCUT2D eigenvalue weighted by Gasteiger charge is -2.11. The van der Waals surface area contributed by atoms with Gasteiger partial charge >= 0.3 is 0 Å². The number of rotatable bonds is 5. The highest BCUT2D eigenvalue weighted by Crippen LogP contribution is 2.28. The number of hydrogen-bond acceptors (Lipinski definition) is 4. The van der Waals surface area contributed by atoms with Crippen LogP contribution in [0.4, 0.5) is 0 Å². The van der Waals surface area contributed by atoms with E-state index in [1.54, 1.807) is 25.3 Å². The van der Waals surface area contributed by atoms with Crippen molar-refractivity contribution in [3.8, 4) is 11.5 Å². The first kappa shape index (κ1) is 14.2. The summed E-state index contributed by atoms with van der Waals surface area (Å²) in [6, 6.07) is 12.7. The fraction of sp³-hybridized carbons (Fsp3) is 0.133. The molecule has 2 aromatic carbocycles. The van der Waals surface area contributed by atoms with Crippen LogP contribution in [0.15, 0.2) is 47.6 Å². The lowest BCUT2D eigenvalue weighted by molar-refractivity contribution is 0.284. The van der Waals surface area contributed by atoms with Gasteiger partial charge in [-0.2, -0.15) is 0 Å². The van der Waals surface area contributed by atoms with Crippen molar-refractivity contribution in [1.29, 1.82) is 0 Å². The molecular weight excluding hydrogens is 278 g/mol. The fourth-order valence-corrected chi connectivity index (χ4v) is 1.82. The Morgan fingerprint density at radius 3 is 2.55 bits per heavy atom. The minimum Gasteiger partial charge on any atom is -0.493 e. The first-order chi connectivity index (χ1) is 9.72. The molecule has 0 aromatic heterocycles. The van der Waals surface area contributed by atoms with Crippen molar-refractivity contribution in [2.24, 2.45) is 5.16 Å². The molecule has 4 nitrogen and oxygen atoms in total. The summed E-state index contributed by atoms with van der Waals surface area (Å²) in [6.07, 6.45) is 1.33. The van der Waals surface area contributed by atoms with E-state index in [0.717, 1.165) is 11.1 Å². The molecule has 0 fully saturated rings. The normalized spacial score (nSPS) is 10.7. The number of hydrogen-bond donors (Lipinski definition) is 1. The zero-order valence-corrected chi connectivity index (χ0v) is 11.7. The van der Waals surface area contributed by atoms with Crippen molar-refractivity contribution in [1.82, 2.24) is 0 Å². The zero-order valence-electron chi connectivity index (χ0n) is 10.9. The highest BCUT2D eigenvalue weighted by Gasteiger charge is 2.05. The van der Waals surface area contributed by atoms with E-state index in [-0.39, 0.29) is 0 Å². The molecular formula is C15H14ClNO3. The van der Waals surface area contributed by atoms with E-state index >= 15 is 0 Å². The van der Waals surface area contributed by atoms with E-state index in [1.807, 2.05) is 24.3 Å². The Morgan fingerprint density at radius 1 is 1.15 bits per heavy atom. The maximum Gasteiger partial charge on any atom is 0.162 e. The van der Waals surface area contributed by atoms with E-state index < -0.39 is 0 Å². The number of ether oxygens (including phenoxy) is 2. The first-order valence-electron chi connectivity index (χ1n) is 5.95. The highest BCUT2D eigenvalue weighted by atomic mass is 35.5. The third kappa shape index (κ3) is 3.65. The summed E-state index contributed by atoms with van der Waals surface area (Å²) in [5.74, 6) is 1.20. The number of oxime groups is 1. The van der Waals surface area contributed by atoms with Crippen LogP contribution in [0.3, 0.4) is 0 Å². The van der Waals surface area contributed by atoms with Crippen molar-refractivity contribution in [3.63, 3.8) is 0 Å². The van der Waals surface area contributed by atoms with Gasteiger partial charge < -0.3 is 14.7 Å². The first-order valence-corrected chi connectivity index (χ1v) is 6.33. The second-order valence-corrected chi connectivity index (χ2v) is 4.51. The second kappa shape index (κ2) is 6.82. The summed E-state index contributed by atoms with van der Waals surface area (Å²) in [5, 5.41) is 12.2. The Labute approximate surface area is 122 Å². The van der Waals surface area contributed by atoms with E-state index in [2.05, 4.69) is 5.16 Å². The van der Waals surface area contributed by atoms with Gasteiger partial charge in [0.1, 0.15) is 6.61 Å². The van der Waals surface area contributed by atoms with Gasteiger partial charge in [0.25, 0.3) is 0 Å². The van der Waals surface area contributed by atoms with Crippen LogP contribution >= 0.6 is 11.6 Å². The molecule has 0 amide bonds. The number of halogens is 1. The topological polar surface area (TPSA) is 51.0 Å². The summed E-state index contributed by atoms with van der Waals surface area (Å²) >= 11 is 5.83. The van der Waals surface area contributed by atoms with Gasteiger partial charge in [-0.1, -0.05) is 28.9 Å². The summed E-state index contributed by atoms with van der Waals surface area (Å²) in [5.41, 5.74) is 1.72. The molecule has 0 atom stereocenters. The number of benzene rings is 2. The molecule has 0 saturated heterocycles. The molecule has 0 spiro atoms. The molecule has 0 aliphatic heterocycles. The van der Waals surface area contributed by atoms with Crippen LogP contribution in [0.5, 0.6) is 11.5 Å².